The van der Waals surface area contributed by atoms with Gasteiger partial charge in [0.25, 0.3) is 0 Å². The fourth-order valence-electron chi connectivity index (χ4n) is 1.73. The average Bonchev–Trinajstić information content (AvgIpc) is 3.01. The summed E-state index contributed by atoms with van der Waals surface area (Å²) in [5.74, 6) is 0. The molecule has 80 valence electrons. The van der Waals surface area contributed by atoms with Crippen LogP contribution in [-0.4, -0.2) is 21.8 Å². The highest BCUT2D eigenvalue weighted by atomic mass is 16.5. The van der Waals surface area contributed by atoms with Gasteiger partial charge in [-0.25, -0.2) is 0 Å². The smallest absolute Gasteiger partial charge is 0.0918 e. The second-order valence-corrected chi connectivity index (χ2v) is 3.67. The Bertz CT molecular complexity index is 516. The van der Waals surface area contributed by atoms with Crippen LogP contribution in [0, 0.1) is 0 Å². The molecule has 16 heavy (non-hydrogen) atoms. The van der Waals surface area contributed by atoms with Gasteiger partial charge in [-0.2, -0.15) is 5.10 Å². The van der Waals surface area contributed by atoms with Crippen molar-refractivity contribution in [2.45, 2.75) is 6.42 Å². The normalized spacial score (nSPS) is 14.6. The molecule has 1 aliphatic rings. The minimum absolute atomic E-state index is 0.754. The standard InChI is InChI=1S/C12H11N3O/c1-2-9(7-13-4-1)11-6-12(15-14-11)10-3-5-16-8-10/h1-2,4,6-8H,3,5H2,(H,14,15). The Hall–Kier alpha value is -2.10. The number of H-pyrrole nitrogens is 1. The first kappa shape index (κ1) is 9.15. The van der Waals surface area contributed by atoms with Crippen LogP contribution in [0.4, 0.5) is 0 Å². The van der Waals surface area contributed by atoms with E-state index in [4.69, 9.17) is 4.74 Å². The van der Waals surface area contributed by atoms with Crippen molar-refractivity contribution in [3.05, 3.63) is 42.5 Å². The van der Waals surface area contributed by atoms with Crippen LogP contribution < -0.4 is 0 Å². The molecule has 4 heteroatoms. The lowest BCUT2D eigenvalue weighted by atomic mass is 10.1. The molecule has 0 bridgehead atoms. The fraction of sp³-hybridized carbons (Fsp3) is 0.167. The molecule has 0 atom stereocenters. The average molecular weight is 213 g/mol. The van der Waals surface area contributed by atoms with Gasteiger partial charge in [0.05, 0.1) is 24.3 Å². The van der Waals surface area contributed by atoms with Gasteiger partial charge < -0.3 is 4.74 Å². The topological polar surface area (TPSA) is 50.8 Å². The molecule has 0 fully saturated rings. The Morgan fingerprint density at radius 2 is 2.38 bits per heavy atom. The van der Waals surface area contributed by atoms with Gasteiger partial charge in [-0.3, -0.25) is 10.1 Å². The van der Waals surface area contributed by atoms with Gasteiger partial charge in [-0.15, -0.1) is 0 Å². The van der Waals surface area contributed by atoms with E-state index in [-0.39, 0.29) is 0 Å². The Kier molecular flexibility index (Phi) is 2.18. The van der Waals surface area contributed by atoms with Crippen molar-refractivity contribution in [2.75, 3.05) is 6.61 Å². The molecule has 1 N–H and O–H groups in total. The highest BCUT2D eigenvalue weighted by molar-refractivity contribution is 5.68. The molecular formula is C12H11N3O. The van der Waals surface area contributed by atoms with Gasteiger partial charge in [-0.05, 0) is 18.2 Å². The molecule has 0 amide bonds. The summed E-state index contributed by atoms with van der Waals surface area (Å²) in [6, 6.07) is 5.94. The van der Waals surface area contributed by atoms with E-state index in [0.717, 1.165) is 35.6 Å². The second-order valence-electron chi connectivity index (χ2n) is 3.67. The maximum Gasteiger partial charge on any atom is 0.0918 e. The minimum Gasteiger partial charge on any atom is -0.500 e. The van der Waals surface area contributed by atoms with Gasteiger partial charge in [0, 0.05) is 30.0 Å². The summed E-state index contributed by atoms with van der Waals surface area (Å²) in [7, 11) is 0. The van der Waals surface area contributed by atoms with E-state index >= 15 is 0 Å². The lowest BCUT2D eigenvalue weighted by molar-refractivity contribution is 0.281. The minimum atomic E-state index is 0.754. The zero-order chi connectivity index (χ0) is 10.8. The number of aromatic amines is 1. The lowest BCUT2D eigenvalue weighted by Crippen LogP contribution is -1.81. The maximum atomic E-state index is 5.20. The molecule has 0 saturated heterocycles. The molecule has 0 spiro atoms. The molecule has 1 aliphatic heterocycles. The Morgan fingerprint density at radius 1 is 1.38 bits per heavy atom. The number of pyridine rings is 1. The van der Waals surface area contributed by atoms with Gasteiger partial charge >= 0.3 is 0 Å². The van der Waals surface area contributed by atoms with Gasteiger partial charge in [0.15, 0.2) is 0 Å². The molecule has 2 aromatic rings. The van der Waals surface area contributed by atoms with Gasteiger partial charge in [0.2, 0.25) is 0 Å². The summed E-state index contributed by atoms with van der Waals surface area (Å²) in [5.41, 5.74) is 4.12. The molecule has 0 radical (unpaired) electrons. The molecule has 0 saturated carbocycles. The Morgan fingerprint density at radius 3 is 3.12 bits per heavy atom. The summed E-state index contributed by atoms with van der Waals surface area (Å²) in [4.78, 5) is 4.08. The molecule has 0 unspecified atom stereocenters. The van der Waals surface area contributed by atoms with Crippen LogP contribution >= 0.6 is 0 Å². The van der Waals surface area contributed by atoms with E-state index in [1.54, 1.807) is 12.5 Å². The van der Waals surface area contributed by atoms with E-state index in [9.17, 15) is 0 Å². The van der Waals surface area contributed by atoms with Crippen molar-refractivity contribution < 1.29 is 4.74 Å². The summed E-state index contributed by atoms with van der Waals surface area (Å²) in [6.07, 6.45) is 6.28. The Labute approximate surface area is 93.0 Å². The third-order valence-electron chi connectivity index (χ3n) is 2.59. The summed E-state index contributed by atoms with van der Waals surface area (Å²) in [5, 5.41) is 7.29. The highest BCUT2D eigenvalue weighted by Crippen LogP contribution is 2.24. The number of ether oxygens (including phenoxy) is 1. The van der Waals surface area contributed by atoms with Crippen LogP contribution in [0.1, 0.15) is 12.1 Å². The van der Waals surface area contributed by atoms with E-state index in [0.29, 0.717) is 0 Å². The zero-order valence-corrected chi connectivity index (χ0v) is 8.68. The Balaban J connectivity index is 1.94. The van der Waals surface area contributed by atoms with E-state index < -0.39 is 0 Å². The van der Waals surface area contributed by atoms with Crippen molar-refractivity contribution in [3.8, 4) is 11.3 Å². The second kappa shape index (κ2) is 3.81. The van der Waals surface area contributed by atoms with Crippen molar-refractivity contribution >= 4 is 5.57 Å². The number of aromatic nitrogens is 3. The van der Waals surface area contributed by atoms with Gasteiger partial charge in [0.1, 0.15) is 0 Å². The molecule has 0 aromatic carbocycles. The monoisotopic (exact) mass is 213 g/mol. The first-order chi connectivity index (χ1) is 7.93. The number of hydrogen-bond acceptors (Lipinski definition) is 3. The predicted octanol–water partition coefficient (Wildman–Crippen LogP) is 2.23. The fourth-order valence-corrected chi connectivity index (χ4v) is 1.73. The summed E-state index contributed by atoms with van der Waals surface area (Å²) in [6.45, 7) is 0.754. The van der Waals surface area contributed by atoms with Crippen LogP contribution in [0.2, 0.25) is 0 Å². The maximum absolute atomic E-state index is 5.20. The molecule has 3 heterocycles. The van der Waals surface area contributed by atoms with Crippen molar-refractivity contribution in [1.82, 2.24) is 15.2 Å². The highest BCUT2D eigenvalue weighted by Gasteiger charge is 2.12. The van der Waals surface area contributed by atoms with Crippen LogP contribution in [0.15, 0.2) is 36.9 Å². The van der Waals surface area contributed by atoms with Crippen LogP contribution in [0.5, 0.6) is 0 Å². The SMILES string of the molecule is C1=C(c2cc(-c3cccnc3)[nH]n2)CCO1. The third-order valence-corrected chi connectivity index (χ3v) is 2.59. The van der Waals surface area contributed by atoms with Crippen LogP contribution in [0.3, 0.4) is 0 Å². The first-order valence-electron chi connectivity index (χ1n) is 5.20. The van der Waals surface area contributed by atoms with Crippen LogP contribution in [0.25, 0.3) is 16.8 Å². The summed E-state index contributed by atoms with van der Waals surface area (Å²) < 4.78 is 5.20. The van der Waals surface area contributed by atoms with Crippen molar-refractivity contribution in [3.63, 3.8) is 0 Å². The van der Waals surface area contributed by atoms with Gasteiger partial charge in [-0.1, -0.05) is 0 Å². The molecule has 4 nitrogen and oxygen atoms in total. The van der Waals surface area contributed by atoms with Crippen molar-refractivity contribution in [2.24, 2.45) is 0 Å². The molecule has 3 rings (SSSR count). The largest absolute Gasteiger partial charge is 0.500 e. The number of nitrogens with one attached hydrogen (secondary N) is 1. The summed E-state index contributed by atoms with van der Waals surface area (Å²) >= 11 is 0. The van der Waals surface area contributed by atoms with Crippen LogP contribution in [-0.2, 0) is 4.74 Å². The molecule has 0 aliphatic carbocycles. The quantitative estimate of drug-likeness (QED) is 0.832. The third kappa shape index (κ3) is 1.58. The van der Waals surface area contributed by atoms with E-state index in [2.05, 4.69) is 15.2 Å². The zero-order valence-electron chi connectivity index (χ0n) is 8.68. The van der Waals surface area contributed by atoms with E-state index in [1.807, 2.05) is 24.4 Å². The number of hydrogen-bond donors (Lipinski definition) is 1. The van der Waals surface area contributed by atoms with Crippen molar-refractivity contribution in [1.29, 1.82) is 0 Å². The molecule has 2 aromatic heterocycles. The number of nitrogens with zero attached hydrogens (tertiary/aromatic N) is 2. The lowest BCUT2D eigenvalue weighted by Gasteiger charge is -1.93. The first-order valence-corrected chi connectivity index (χ1v) is 5.20. The van der Waals surface area contributed by atoms with E-state index in [1.165, 1.54) is 0 Å². The predicted molar refractivity (Wildman–Crippen MR) is 60.4 cm³/mol. The molecular weight excluding hydrogens is 202 g/mol. The number of rotatable bonds is 2.